The molecule has 102 valence electrons. The topological polar surface area (TPSA) is 130 Å². The van der Waals surface area contributed by atoms with Crippen LogP contribution in [0.25, 0.3) is 0 Å². The maximum absolute atomic E-state index is 11.6. The molecule has 0 heterocycles. The minimum Gasteiger partial charge on any atom is -0.481 e. The van der Waals surface area contributed by atoms with E-state index in [1.807, 2.05) is 0 Å². The summed E-state index contributed by atoms with van der Waals surface area (Å²) < 4.78 is 0. The number of carbonyl (C=O) groups is 3. The first-order chi connectivity index (χ1) is 8.40. The molecular formula is C11H18N2O5. The first kappa shape index (κ1) is 14.4. The lowest BCUT2D eigenvalue weighted by atomic mass is 10.1. The summed E-state index contributed by atoms with van der Waals surface area (Å²) in [6.07, 6.45) is 1.50. The highest BCUT2D eigenvalue weighted by Crippen LogP contribution is 2.25. The summed E-state index contributed by atoms with van der Waals surface area (Å²) in [6.45, 7) is 0. The quantitative estimate of drug-likeness (QED) is 0.510. The molecule has 1 saturated carbocycles. The Bertz CT molecular complexity index is 344. The second-order valence-corrected chi connectivity index (χ2v) is 4.59. The van der Waals surface area contributed by atoms with Crippen molar-refractivity contribution in [2.75, 3.05) is 0 Å². The Morgan fingerprint density at radius 1 is 1.28 bits per heavy atom. The number of hydrogen-bond acceptors (Lipinski definition) is 4. The lowest BCUT2D eigenvalue weighted by Crippen LogP contribution is -2.44. The molecule has 1 rings (SSSR count). The van der Waals surface area contributed by atoms with Crippen LogP contribution >= 0.6 is 0 Å². The van der Waals surface area contributed by atoms with E-state index < -0.39 is 29.8 Å². The third-order valence-electron chi connectivity index (χ3n) is 3.13. The van der Waals surface area contributed by atoms with Crippen LogP contribution in [0.3, 0.4) is 0 Å². The largest absolute Gasteiger partial charge is 0.481 e. The Labute approximate surface area is 104 Å². The van der Waals surface area contributed by atoms with Crippen LogP contribution in [0.2, 0.25) is 0 Å². The molecule has 1 fully saturated rings. The zero-order valence-corrected chi connectivity index (χ0v) is 9.96. The van der Waals surface area contributed by atoms with Crippen molar-refractivity contribution in [3.05, 3.63) is 0 Å². The van der Waals surface area contributed by atoms with E-state index in [1.165, 1.54) is 0 Å². The van der Waals surface area contributed by atoms with E-state index in [0.29, 0.717) is 19.3 Å². The third kappa shape index (κ3) is 4.33. The summed E-state index contributed by atoms with van der Waals surface area (Å²) in [5.74, 6) is -2.66. The fourth-order valence-corrected chi connectivity index (χ4v) is 2.06. The summed E-state index contributed by atoms with van der Waals surface area (Å²) in [6, 6.07) is -1.03. The Morgan fingerprint density at radius 2 is 1.94 bits per heavy atom. The second-order valence-electron chi connectivity index (χ2n) is 4.59. The van der Waals surface area contributed by atoms with Crippen molar-refractivity contribution in [3.63, 3.8) is 0 Å². The number of rotatable bonds is 6. The van der Waals surface area contributed by atoms with E-state index in [4.69, 9.17) is 15.9 Å². The molecule has 0 aromatic carbocycles. The van der Waals surface area contributed by atoms with Crippen LogP contribution in [-0.4, -0.2) is 40.1 Å². The van der Waals surface area contributed by atoms with Crippen LogP contribution < -0.4 is 11.1 Å². The molecule has 5 N–H and O–H groups in total. The number of nitrogens with one attached hydrogen (secondary N) is 1. The smallest absolute Gasteiger partial charge is 0.306 e. The molecular weight excluding hydrogens is 240 g/mol. The van der Waals surface area contributed by atoms with Gasteiger partial charge in [0.15, 0.2) is 0 Å². The Morgan fingerprint density at radius 3 is 2.44 bits per heavy atom. The average Bonchev–Trinajstić information content (AvgIpc) is 2.74. The normalized spacial score (nSPS) is 24.5. The van der Waals surface area contributed by atoms with Gasteiger partial charge in [-0.1, -0.05) is 0 Å². The number of amides is 1. The summed E-state index contributed by atoms with van der Waals surface area (Å²) >= 11 is 0. The number of hydrogen-bond donors (Lipinski definition) is 4. The van der Waals surface area contributed by atoms with E-state index >= 15 is 0 Å². The molecule has 7 heteroatoms. The highest BCUT2D eigenvalue weighted by atomic mass is 16.4. The average molecular weight is 258 g/mol. The monoisotopic (exact) mass is 258 g/mol. The predicted molar refractivity (Wildman–Crippen MR) is 61.8 cm³/mol. The van der Waals surface area contributed by atoms with Crippen molar-refractivity contribution >= 4 is 17.8 Å². The second kappa shape index (κ2) is 6.34. The van der Waals surface area contributed by atoms with Crippen LogP contribution in [0.4, 0.5) is 0 Å². The fraction of sp³-hybridized carbons (Fsp3) is 0.727. The SMILES string of the molecule is NC(CCC(=O)O)C(=O)NC1CCC(C(=O)O)C1. The Kier molecular flexibility index (Phi) is 5.08. The molecule has 1 aliphatic rings. The molecule has 0 bridgehead atoms. The maximum Gasteiger partial charge on any atom is 0.306 e. The minimum absolute atomic E-state index is 0.0796. The van der Waals surface area contributed by atoms with Gasteiger partial charge in [0.1, 0.15) is 0 Å². The van der Waals surface area contributed by atoms with Gasteiger partial charge in [-0.25, -0.2) is 0 Å². The molecule has 1 aliphatic carbocycles. The van der Waals surface area contributed by atoms with Crippen molar-refractivity contribution < 1.29 is 24.6 Å². The Balaban J connectivity index is 2.32. The van der Waals surface area contributed by atoms with Gasteiger partial charge in [-0.15, -0.1) is 0 Å². The van der Waals surface area contributed by atoms with Crippen LogP contribution in [0.15, 0.2) is 0 Å². The maximum atomic E-state index is 11.6. The number of carboxylic acid groups (broad SMARTS) is 2. The van der Waals surface area contributed by atoms with Gasteiger partial charge in [-0.2, -0.15) is 0 Å². The van der Waals surface area contributed by atoms with E-state index in [2.05, 4.69) is 5.32 Å². The molecule has 0 aromatic heterocycles. The van der Waals surface area contributed by atoms with Crippen molar-refractivity contribution in [1.29, 1.82) is 0 Å². The molecule has 1 amide bonds. The van der Waals surface area contributed by atoms with Gasteiger partial charge in [0.2, 0.25) is 5.91 Å². The van der Waals surface area contributed by atoms with Crippen LogP contribution in [0.1, 0.15) is 32.1 Å². The standard InChI is InChI=1S/C11H18N2O5/c12-8(3-4-9(14)15)10(16)13-7-2-1-6(5-7)11(17)18/h6-8H,1-5,12H2,(H,13,16)(H,14,15)(H,17,18). The van der Waals surface area contributed by atoms with Crippen molar-refractivity contribution in [1.82, 2.24) is 5.32 Å². The zero-order valence-electron chi connectivity index (χ0n) is 9.96. The van der Waals surface area contributed by atoms with Crippen molar-refractivity contribution in [2.45, 2.75) is 44.2 Å². The molecule has 18 heavy (non-hydrogen) atoms. The van der Waals surface area contributed by atoms with Gasteiger partial charge >= 0.3 is 11.9 Å². The van der Waals surface area contributed by atoms with Crippen molar-refractivity contribution in [2.24, 2.45) is 11.7 Å². The van der Waals surface area contributed by atoms with Crippen molar-refractivity contribution in [3.8, 4) is 0 Å². The first-order valence-electron chi connectivity index (χ1n) is 5.90. The molecule has 0 aliphatic heterocycles. The van der Waals surface area contributed by atoms with Crippen LogP contribution in [0, 0.1) is 5.92 Å². The molecule has 0 aromatic rings. The summed E-state index contributed by atoms with van der Waals surface area (Å²) in [5.41, 5.74) is 5.55. The van der Waals surface area contributed by atoms with E-state index in [1.54, 1.807) is 0 Å². The summed E-state index contributed by atoms with van der Waals surface area (Å²) in [5, 5.41) is 20.0. The van der Waals surface area contributed by atoms with E-state index in [0.717, 1.165) is 0 Å². The van der Waals surface area contributed by atoms with Crippen LogP contribution in [0.5, 0.6) is 0 Å². The summed E-state index contributed by atoms with van der Waals surface area (Å²) in [4.78, 5) is 32.7. The molecule has 0 saturated heterocycles. The lowest BCUT2D eigenvalue weighted by Gasteiger charge is -2.16. The third-order valence-corrected chi connectivity index (χ3v) is 3.13. The first-order valence-corrected chi connectivity index (χ1v) is 5.90. The molecule has 0 radical (unpaired) electrons. The highest BCUT2D eigenvalue weighted by Gasteiger charge is 2.31. The number of carboxylic acids is 2. The number of nitrogens with two attached hydrogens (primary N) is 1. The van der Waals surface area contributed by atoms with Gasteiger partial charge in [0.05, 0.1) is 12.0 Å². The molecule has 3 atom stereocenters. The molecule has 0 spiro atoms. The van der Waals surface area contributed by atoms with Gasteiger partial charge < -0.3 is 21.3 Å². The Hall–Kier alpha value is -1.63. The van der Waals surface area contributed by atoms with E-state index in [9.17, 15) is 14.4 Å². The van der Waals surface area contributed by atoms with Gasteiger partial charge in [-0.05, 0) is 25.7 Å². The van der Waals surface area contributed by atoms with Crippen LogP contribution in [-0.2, 0) is 14.4 Å². The summed E-state index contributed by atoms with van der Waals surface area (Å²) in [7, 11) is 0. The van der Waals surface area contributed by atoms with Gasteiger partial charge in [-0.3, -0.25) is 14.4 Å². The zero-order chi connectivity index (χ0) is 13.7. The highest BCUT2D eigenvalue weighted by molar-refractivity contribution is 5.82. The lowest BCUT2D eigenvalue weighted by molar-refractivity contribution is -0.142. The molecule has 3 unspecified atom stereocenters. The van der Waals surface area contributed by atoms with E-state index in [-0.39, 0.29) is 18.9 Å². The minimum atomic E-state index is -0.995. The predicted octanol–water partition coefficient (Wildman–Crippen LogP) is -0.452. The number of carbonyl (C=O) groups excluding carboxylic acids is 1. The number of aliphatic carboxylic acids is 2. The fourth-order valence-electron chi connectivity index (χ4n) is 2.06. The van der Waals surface area contributed by atoms with Gasteiger partial charge in [0, 0.05) is 12.5 Å². The van der Waals surface area contributed by atoms with Gasteiger partial charge in [0.25, 0.3) is 0 Å². The molecule has 7 nitrogen and oxygen atoms in total.